The highest BCUT2D eigenvalue weighted by Gasteiger charge is 2.17. The number of rotatable bonds is 5. The van der Waals surface area contributed by atoms with Gasteiger partial charge in [-0.15, -0.1) is 12.4 Å². The van der Waals surface area contributed by atoms with Gasteiger partial charge in [0.2, 0.25) is 0 Å². The molecule has 0 aliphatic heterocycles. The first-order valence-electron chi connectivity index (χ1n) is 6.57. The quantitative estimate of drug-likeness (QED) is 0.907. The van der Waals surface area contributed by atoms with Crippen molar-refractivity contribution in [2.75, 3.05) is 25.1 Å². The van der Waals surface area contributed by atoms with E-state index in [9.17, 15) is 4.79 Å². The number of nitrogens with two attached hydrogens (primary N) is 1. The van der Waals surface area contributed by atoms with E-state index in [2.05, 4.69) is 0 Å². The lowest BCUT2D eigenvalue weighted by atomic mass is 10.1. The smallest absolute Gasteiger partial charge is 0.258 e. The Morgan fingerprint density at radius 3 is 2.23 bits per heavy atom. The van der Waals surface area contributed by atoms with Crippen molar-refractivity contribution in [3.05, 3.63) is 59.1 Å². The molecule has 0 bridgehead atoms. The van der Waals surface area contributed by atoms with Crippen LogP contribution in [0, 0.1) is 0 Å². The molecule has 0 fully saturated rings. The highest BCUT2D eigenvalue weighted by molar-refractivity contribution is 6.30. The Balaban J connectivity index is 0.00000242. The minimum atomic E-state index is -0.106. The van der Waals surface area contributed by atoms with Crippen molar-refractivity contribution in [2.24, 2.45) is 5.73 Å². The number of halogens is 2. The minimum Gasteiger partial charge on any atom is -0.497 e. The number of carbonyl (C=O) groups excluding carboxylic acids is 1. The molecule has 4 nitrogen and oxygen atoms in total. The van der Waals surface area contributed by atoms with Gasteiger partial charge in [-0.05, 0) is 48.5 Å². The molecule has 0 aromatic heterocycles. The van der Waals surface area contributed by atoms with Crippen molar-refractivity contribution in [1.82, 2.24) is 0 Å². The Morgan fingerprint density at radius 2 is 1.73 bits per heavy atom. The van der Waals surface area contributed by atoms with Crippen LogP contribution in [0.25, 0.3) is 0 Å². The normalized spacial score (nSPS) is 9.77. The van der Waals surface area contributed by atoms with Crippen molar-refractivity contribution in [3.63, 3.8) is 0 Å². The molecule has 0 aliphatic rings. The minimum absolute atomic E-state index is 0. The average molecular weight is 341 g/mol. The van der Waals surface area contributed by atoms with Gasteiger partial charge in [-0.2, -0.15) is 0 Å². The lowest BCUT2D eigenvalue weighted by Gasteiger charge is -2.22. The third kappa shape index (κ3) is 4.37. The summed E-state index contributed by atoms with van der Waals surface area (Å²) in [5, 5.41) is 0.628. The van der Waals surface area contributed by atoms with Gasteiger partial charge in [-0.25, -0.2) is 0 Å². The van der Waals surface area contributed by atoms with E-state index in [1.165, 1.54) is 0 Å². The summed E-state index contributed by atoms with van der Waals surface area (Å²) in [6, 6.07) is 14.1. The van der Waals surface area contributed by atoms with Crippen molar-refractivity contribution < 1.29 is 9.53 Å². The first kappa shape index (κ1) is 18.3. The molecule has 118 valence electrons. The molecular formula is C16H18Cl2N2O2. The Bertz CT molecular complexity index is 601. The SMILES string of the molecule is COc1ccc(C(=O)N(CCN)c2ccc(Cl)cc2)cc1.Cl. The summed E-state index contributed by atoms with van der Waals surface area (Å²) in [6.07, 6.45) is 0. The molecule has 0 saturated carbocycles. The number of ether oxygens (including phenoxy) is 1. The van der Waals surface area contributed by atoms with Crippen molar-refractivity contribution in [3.8, 4) is 5.75 Å². The zero-order chi connectivity index (χ0) is 15.2. The summed E-state index contributed by atoms with van der Waals surface area (Å²) < 4.78 is 5.10. The van der Waals surface area contributed by atoms with Crippen molar-refractivity contribution in [1.29, 1.82) is 0 Å². The van der Waals surface area contributed by atoms with Crippen LogP contribution in [-0.4, -0.2) is 26.1 Å². The van der Waals surface area contributed by atoms with Gasteiger partial charge in [0.15, 0.2) is 0 Å². The number of hydrogen-bond donors (Lipinski definition) is 1. The fraction of sp³-hybridized carbons (Fsp3) is 0.188. The van der Waals surface area contributed by atoms with E-state index in [1.54, 1.807) is 60.5 Å². The molecule has 2 aromatic carbocycles. The van der Waals surface area contributed by atoms with Crippen LogP contribution in [0.4, 0.5) is 5.69 Å². The highest BCUT2D eigenvalue weighted by Crippen LogP contribution is 2.21. The van der Waals surface area contributed by atoms with Gasteiger partial charge >= 0.3 is 0 Å². The Hall–Kier alpha value is -1.75. The number of nitrogens with zero attached hydrogens (tertiary/aromatic N) is 1. The molecule has 0 saturated heterocycles. The molecule has 22 heavy (non-hydrogen) atoms. The number of methoxy groups -OCH3 is 1. The van der Waals surface area contributed by atoms with Gasteiger partial charge in [0, 0.05) is 29.4 Å². The number of anilines is 1. The van der Waals surface area contributed by atoms with Crippen LogP contribution in [0.15, 0.2) is 48.5 Å². The first-order valence-corrected chi connectivity index (χ1v) is 6.95. The largest absolute Gasteiger partial charge is 0.497 e. The molecule has 0 spiro atoms. The molecule has 2 rings (SSSR count). The summed E-state index contributed by atoms with van der Waals surface area (Å²) in [7, 11) is 1.59. The standard InChI is InChI=1S/C16H17ClN2O2.ClH/c1-21-15-8-2-12(3-9-15)16(20)19(11-10-18)14-6-4-13(17)5-7-14;/h2-9H,10-11,18H2,1H3;1H. The molecule has 0 unspecified atom stereocenters. The summed E-state index contributed by atoms with van der Waals surface area (Å²) in [5.74, 6) is 0.605. The first-order chi connectivity index (χ1) is 10.2. The Morgan fingerprint density at radius 1 is 1.14 bits per heavy atom. The lowest BCUT2D eigenvalue weighted by Crippen LogP contribution is -2.35. The van der Waals surface area contributed by atoms with E-state index < -0.39 is 0 Å². The topological polar surface area (TPSA) is 55.6 Å². The molecule has 0 atom stereocenters. The van der Waals surface area contributed by atoms with E-state index in [-0.39, 0.29) is 18.3 Å². The molecule has 6 heteroatoms. The van der Waals surface area contributed by atoms with Crippen LogP contribution >= 0.6 is 24.0 Å². The van der Waals surface area contributed by atoms with Crippen LogP contribution in [0.1, 0.15) is 10.4 Å². The zero-order valence-electron chi connectivity index (χ0n) is 12.2. The molecule has 1 amide bonds. The second-order valence-electron chi connectivity index (χ2n) is 4.45. The van der Waals surface area contributed by atoms with Crippen LogP contribution in [0.3, 0.4) is 0 Å². The predicted octanol–water partition coefficient (Wildman–Crippen LogP) is 3.38. The molecule has 2 aromatic rings. The Kier molecular flexibility index (Phi) is 7.18. The predicted molar refractivity (Wildman–Crippen MR) is 92.4 cm³/mol. The van der Waals surface area contributed by atoms with Gasteiger partial charge in [-0.3, -0.25) is 4.79 Å². The van der Waals surface area contributed by atoms with Gasteiger partial charge in [0.25, 0.3) is 5.91 Å². The number of hydrogen-bond acceptors (Lipinski definition) is 3. The van der Waals surface area contributed by atoms with E-state index in [1.807, 2.05) is 0 Å². The number of carbonyl (C=O) groups is 1. The molecule has 0 aliphatic carbocycles. The third-order valence-corrected chi connectivity index (χ3v) is 3.33. The fourth-order valence-corrected chi connectivity index (χ4v) is 2.11. The van der Waals surface area contributed by atoms with Crippen molar-refractivity contribution in [2.45, 2.75) is 0 Å². The van der Waals surface area contributed by atoms with Gasteiger partial charge in [0.1, 0.15) is 5.75 Å². The zero-order valence-corrected chi connectivity index (χ0v) is 13.7. The third-order valence-electron chi connectivity index (χ3n) is 3.07. The van der Waals surface area contributed by atoms with E-state index in [4.69, 9.17) is 22.1 Å². The van der Waals surface area contributed by atoms with Crippen LogP contribution in [0.2, 0.25) is 5.02 Å². The number of benzene rings is 2. The van der Waals surface area contributed by atoms with E-state index in [0.29, 0.717) is 29.4 Å². The fourth-order valence-electron chi connectivity index (χ4n) is 1.99. The van der Waals surface area contributed by atoms with E-state index >= 15 is 0 Å². The molecule has 2 N–H and O–H groups in total. The van der Waals surface area contributed by atoms with Crippen molar-refractivity contribution >= 4 is 35.6 Å². The van der Waals surface area contributed by atoms with Crippen LogP contribution in [0.5, 0.6) is 5.75 Å². The van der Waals surface area contributed by atoms with Gasteiger partial charge < -0.3 is 15.4 Å². The maximum Gasteiger partial charge on any atom is 0.258 e. The monoisotopic (exact) mass is 340 g/mol. The summed E-state index contributed by atoms with van der Waals surface area (Å²) >= 11 is 5.88. The number of amides is 1. The molecular weight excluding hydrogens is 323 g/mol. The second-order valence-corrected chi connectivity index (χ2v) is 4.89. The maximum atomic E-state index is 12.6. The summed E-state index contributed by atoms with van der Waals surface area (Å²) in [6.45, 7) is 0.816. The maximum absolute atomic E-state index is 12.6. The van der Waals surface area contributed by atoms with Crippen LogP contribution in [-0.2, 0) is 0 Å². The van der Waals surface area contributed by atoms with E-state index in [0.717, 1.165) is 5.69 Å². The average Bonchev–Trinajstić information content (AvgIpc) is 2.53. The Labute approximate surface area is 141 Å². The second kappa shape index (κ2) is 8.63. The summed E-state index contributed by atoms with van der Waals surface area (Å²) in [4.78, 5) is 14.3. The highest BCUT2D eigenvalue weighted by atomic mass is 35.5. The molecule has 0 heterocycles. The van der Waals surface area contributed by atoms with Crippen LogP contribution < -0.4 is 15.4 Å². The van der Waals surface area contributed by atoms with Gasteiger partial charge in [0.05, 0.1) is 7.11 Å². The van der Waals surface area contributed by atoms with Gasteiger partial charge in [-0.1, -0.05) is 11.6 Å². The summed E-state index contributed by atoms with van der Waals surface area (Å²) in [5.41, 5.74) is 6.97. The lowest BCUT2D eigenvalue weighted by molar-refractivity contribution is 0.0987. The molecule has 0 radical (unpaired) electrons.